The van der Waals surface area contributed by atoms with Crippen LogP contribution in [0, 0.1) is 18.2 Å². The molecule has 0 saturated carbocycles. The van der Waals surface area contributed by atoms with E-state index in [-0.39, 0.29) is 16.8 Å². The molecule has 0 spiro atoms. The Kier molecular flexibility index (Phi) is 3.03. The van der Waals surface area contributed by atoms with E-state index >= 15 is 0 Å². The summed E-state index contributed by atoms with van der Waals surface area (Å²) in [5.74, 6) is -0.115. The van der Waals surface area contributed by atoms with Gasteiger partial charge in [0.25, 0.3) is 0 Å². The van der Waals surface area contributed by atoms with E-state index in [1.165, 1.54) is 12.0 Å². The highest BCUT2D eigenvalue weighted by molar-refractivity contribution is 5.33. The first-order chi connectivity index (χ1) is 7.87. The summed E-state index contributed by atoms with van der Waals surface area (Å²) < 4.78 is 13.4. The number of benzene rings is 1. The molecule has 0 amide bonds. The molecule has 1 aliphatic heterocycles. The number of nitrogens with one attached hydrogen (secondary N) is 1. The van der Waals surface area contributed by atoms with Gasteiger partial charge in [0.1, 0.15) is 5.82 Å². The standard InChI is InChI=1S/C15H22FN/c1-11-10-12(6-7-13(11)16)15(14(2,3)4)8-5-9-17-15/h6-7,10,17H,5,8-9H2,1-4H3. The van der Waals surface area contributed by atoms with Gasteiger partial charge in [0, 0.05) is 5.54 Å². The van der Waals surface area contributed by atoms with Crippen LogP contribution in [0.3, 0.4) is 0 Å². The zero-order chi connectivity index (χ0) is 12.7. The Labute approximate surface area is 103 Å². The monoisotopic (exact) mass is 235 g/mol. The lowest BCUT2D eigenvalue weighted by molar-refractivity contribution is 0.160. The largest absolute Gasteiger partial charge is 0.307 e. The van der Waals surface area contributed by atoms with E-state index in [1.54, 1.807) is 6.07 Å². The molecule has 1 fully saturated rings. The molecule has 0 aromatic heterocycles. The minimum absolute atomic E-state index is 0.00847. The van der Waals surface area contributed by atoms with Gasteiger partial charge in [0.15, 0.2) is 0 Å². The van der Waals surface area contributed by atoms with Gasteiger partial charge in [-0.2, -0.15) is 0 Å². The minimum atomic E-state index is -0.115. The number of hydrogen-bond acceptors (Lipinski definition) is 1. The van der Waals surface area contributed by atoms with Gasteiger partial charge in [-0.25, -0.2) is 4.39 Å². The molecule has 1 atom stereocenters. The first-order valence-electron chi connectivity index (χ1n) is 6.38. The Balaban J connectivity index is 2.50. The van der Waals surface area contributed by atoms with Crippen LogP contribution in [0.25, 0.3) is 0 Å². The summed E-state index contributed by atoms with van der Waals surface area (Å²) >= 11 is 0. The topological polar surface area (TPSA) is 12.0 Å². The third-order valence-electron chi connectivity index (χ3n) is 4.09. The predicted molar refractivity (Wildman–Crippen MR) is 69.5 cm³/mol. The van der Waals surface area contributed by atoms with E-state index in [9.17, 15) is 4.39 Å². The average molecular weight is 235 g/mol. The number of halogens is 1. The Morgan fingerprint density at radius 1 is 1.29 bits per heavy atom. The summed E-state index contributed by atoms with van der Waals surface area (Å²) in [4.78, 5) is 0. The second kappa shape index (κ2) is 4.09. The second-order valence-corrected chi connectivity index (χ2v) is 6.15. The molecule has 2 heteroatoms. The Bertz CT molecular complexity index is 411. The molecule has 1 heterocycles. The SMILES string of the molecule is Cc1cc(C2(C(C)(C)C)CCCN2)ccc1F. The van der Waals surface area contributed by atoms with E-state index in [2.05, 4.69) is 26.1 Å². The summed E-state index contributed by atoms with van der Waals surface area (Å²) in [6, 6.07) is 5.53. The van der Waals surface area contributed by atoms with Crippen LogP contribution >= 0.6 is 0 Å². The molecular weight excluding hydrogens is 213 g/mol. The highest BCUT2D eigenvalue weighted by Gasteiger charge is 2.45. The van der Waals surface area contributed by atoms with Gasteiger partial charge in [-0.15, -0.1) is 0 Å². The van der Waals surface area contributed by atoms with Gasteiger partial charge >= 0.3 is 0 Å². The third-order valence-corrected chi connectivity index (χ3v) is 4.09. The summed E-state index contributed by atoms with van der Waals surface area (Å²) in [6.07, 6.45) is 2.31. The van der Waals surface area contributed by atoms with Gasteiger partial charge in [0.2, 0.25) is 0 Å². The molecule has 0 radical (unpaired) electrons. The molecule has 1 saturated heterocycles. The molecular formula is C15H22FN. The van der Waals surface area contributed by atoms with Crippen LogP contribution in [-0.4, -0.2) is 6.54 Å². The highest BCUT2D eigenvalue weighted by Crippen LogP contribution is 2.45. The normalized spacial score (nSPS) is 25.2. The van der Waals surface area contributed by atoms with Gasteiger partial charge < -0.3 is 5.32 Å². The van der Waals surface area contributed by atoms with Crippen molar-refractivity contribution >= 4 is 0 Å². The smallest absolute Gasteiger partial charge is 0.126 e. The molecule has 1 aliphatic rings. The second-order valence-electron chi connectivity index (χ2n) is 6.15. The molecule has 0 bridgehead atoms. The van der Waals surface area contributed by atoms with Crippen molar-refractivity contribution in [2.75, 3.05) is 6.54 Å². The summed E-state index contributed by atoms with van der Waals surface area (Å²) in [6.45, 7) is 9.65. The maximum atomic E-state index is 13.4. The zero-order valence-corrected chi connectivity index (χ0v) is 11.2. The van der Waals surface area contributed by atoms with Crippen molar-refractivity contribution in [2.24, 2.45) is 5.41 Å². The van der Waals surface area contributed by atoms with Gasteiger partial charge in [-0.05, 0) is 48.9 Å². The van der Waals surface area contributed by atoms with Crippen LogP contribution in [0.2, 0.25) is 0 Å². The minimum Gasteiger partial charge on any atom is -0.307 e. The lowest BCUT2D eigenvalue weighted by Gasteiger charge is -2.43. The molecule has 1 N–H and O–H groups in total. The Hall–Kier alpha value is -0.890. The zero-order valence-electron chi connectivity index (χ0n) is 11.2. The van der Waals surface area contributed by atoms with E-state index in [0.29, 0.717) is 0 Å². The van der Waals surface area contributed by atoms with Crippen molar-refractivity contribution in [3.8, 4) is 0 Å². The molecule has 0 aliphatic carbocycles. The van der Waals surface area contributed by atoms with E-state index in [4.69, 9.17) is 0 Å². The highest BCUT2D eigenvalue weighted by atomic mass is 19.1. The van der Waals surface area contributed by atoms with E-state index < -0.39 is 0 Å². The molecule has 1 nitrogen and oxygen atoms in total. The Morgan fingerprint density at radius 2 is 2.00 bits per heavy atom. The van der Waals surface area contributed by atoms with Crippen molar-refractivity contribution in [2.45, 2.75) is 46.1 Å². The number of hydrogen-bond donors (Lipinski definition) is 1. The average Bonchev–Trinajstić information content (AvgIpc) is 2.71. The van der Waals surface area contributed by atoms with E-state index in [1.807, 2.05) is 19.1 Å². The van der Waals surface area contributed by atoms with Gasteiger partial charge in [-0.1, -0.05) is 32.9 Å². The fraction of sp³-hybridized carbons (Fsp3) is 0.600. The van der Waals surface area contributed by atoms with Crippen molar-refractivity contribution in [1.29, 1.82) is 0 Å². The quantitative estimate of drug-likeness (QED) is 0.781. The predicted octanol–water partition coefficient (Wildman–Crippen LogP) is 3.76. The fourth-order valence-corrected chi connectivity index (χ4v) is 2.97. The van der Waals surface area contributed by atoms with Crippen LogP contribution in [0.1, 0.15) is 44.7 Å². The third kappa shape index (κ3) is 1.99. The lowest BCUT2D eigenvalue weighted by atomic mass is 9.68. The number of aryl methyl sites for hydroxylation is 1. The van der Waals surface area contributed by atoms with Crippen molar-refractivity contribution in [3.05, 3.63) is 35.1 Å². The maximum absolute atomic E-state index is 13.4. The fourth-order valence-electron chi connectivity index (χ4n) is 2.97. The van der Waals surface area contributed by atoms with Gasteiger partial charge in [0.05, 0.1) is 0 Å². The van der Waals surface area contributed by atoms with Crippen LogP contribution in [0.15, 0.2) is 18.2 Å². The molecule has 1 unspecified atom stereocenters. The summed E-state index contributed by atoms with van der Waals surface area (Å²) in [5, 5.41) is 3.65. The molecule has 2 rings (SSSR count). The first-order valence-corrected chi connectivity index (χ1v) is 6.38. The molecule has 17 heavy (non-hydrogen) atoms. The first kappa shape index (κ1) is 12.6. The molecule has 94 valence electrons. The van der Waals surface area contributed by atoms with Crippen molar-refractivity contribution in [3.63, 3.8) is 0 Å². The van der Waals surface area contributed by atoms with Crippen molar-refractivity contribution in [1.82, 2.24) is 5.32 Å². The van der Waals surface area contributed by atoms with Crippen molar-refractivity contribution < 1.29 is 4.39 Å². The Morgan fingerprint density at radius 3 is 2.47 bits per heavy atom. The lowest BCUT2D eigenvalue weighted by Crippen LogP contribution is -2.48. The molecule has 1 aromatic rings. The molecule has 1 aromatic carbocycles. The summed E-state index contributed by atoms with van der Waals surface area (Å²) in [5.41, 5.74) is 2.08. The van der Waals surface area contributed by atoms with Crippen LogP contribution in [0.5, 0.6) is 0 Å². The van der Waals surface area contributed by atoms with Crippen LogP contribution in [0.4, 0.5) is 4.39 Å². The van der Waals surface area contributed by atoms with Crippen LogP contribution in [-0.2, 0) is 5.54 Å². The maximum Gasteiger partial charge on any atom is 0.126 e. The van der Waals surface area contributed by atoms with Crippen LogP contribution < -0.4 is 5.32 Å². The number of rotatable bonds is 1. The summed E-state index contributed by atoms with van der Waals surface area (Å²) in [7, 11) is 0. The van der Waals surface area contributed by atoms with Gasteiger partial charge in [-0.3, -0.25) is 0 Å². The van der Waals surface area contributed by atoms with E-state index in [0.717, 1.165) is 18.5 Å².